The molecule has 1 aliphatic heterocycles. The molecule has 3 aromatic rings. The SMILES string of the molecule is CN(C)CCN(C)CCn1nc(-c2ccc(NC(=O)OC(C)(C)C)c3c2OCO3)c2c(N)ncnc21. The number of amides is 1. The van der Waals surface area contributed by atoms with Gasteiger partial charge in [0.1, 0.15) is 23.4 Å². The molecule has 2 aromatic heterocycles. The van der Waals surface area contributed by atoms with Crippen LogP contribution in [0.15, 0.2) is 18.5 Å². The molecule has 1 aromatic carbocycles. The molecule has 12 nitrogen and oxygen atoms in total. The second-order valence-corrected chi connectivity index (χ2v) is 9.99. The summed E-state index contributed by atoms with van der Waals surface area (Å²) in [6.07, 6.45) is 0.853. The van der Waals surface area contributed by atoms with Gasteiger partial charge < -0.3 is 29.7 Å². The topological polar surface area (TPSA) is 133 Å². The average Bonchev–Trinajstić information content (AvgIpc) is 3.42. The molecule has 3 heterocycles. The largest absolute Gasteiger partial charge is 0.453 e. The molecule has 0 aliphatic carbocycles. The van der Waals surface area contributed by atoms with Crippen LogP contribution in [0.4, 0.5) is 16.3 Å². The van der Waals surface area contributed by atoms with Crippen molar-refractivity contribution in [1.29, 1.82) is 0 Å². The summed E-state index contributed by atoms with van der Waals surface area (Å²) in [6, 6.07) is 3.54. The van der Waals surface area contributed by atoms with Crippen molar-refractivity contribution in [2.24, 2.45) is 0 Å². The maximum atomic E-state index is 12.3. The van der Waals surface area contributed by atoms with Crippen molar-refractivity contribution in [3.63, 3.8) is 0 Å². The highest BCUT2D eigenvalue weighted by atomic mass is 16.7. The molecule has 3 N–H and O–H groups in total. The fourth-order valence-electron chi connectivity index (χ4n) is 3.82. The second kappa shape index (κ2) is 10.2. The third kappa shape index (κ3) is 5.60. The minimum atomic E-state index is -0.631. The fraction of sp³-hybridized carbons (Fsp3) is 0.500. The first-order valence-electron chi connectivity index (χ1n) is 11.8. The van der Waals surface area contributed by atoms with Gasteiger partial charge in [-0.05, 0) is 54.0 Å². The van der Waals surface area contributed by atoms with Crippen molar-refractivity contribution in [3.8, 4) is 22.8 Å². The van der Waals surface area contributed by atoms with Crippen molar-refractivity contribution < 1.29 is 19.0 Å². The van der Waals surface area contributed by atoms with Gasteiger partial charge in [0, 0.05) is 25.2 Å². The van der Waals surface area contributed by atoms with E-state index in [0.29, 0.717) is 51.8 Å². The summed E-state index contributed by atoms with van der Waals surface area (Å²) >= 11 is 0. The molecule has 4 rings (SSSR count). The van der Waals surface area contributed by atoms with E-state index in [1.165, 1.54) is 6.33 Å². The molecule has 36 heavy (non-hydrogen) atoms. The van der Waals surface area contributed by atoms with Gasteiger partial charge in [0.25, 0.3) is 0 Å². The van der Waals surface area contributed by atoms with Crippen molar-refractivity contribution >= 4 is 28.6 Å². The number of likely N-dealkylation sites (N-methyl/N-ethyl adjacent to an activating group) is 2. The maximum absolute atomic E-state index is 12.3. The molecule has 0 unspecified atom stereocenters. The number of carbonyl (C=O) groups is 1. The van der Waals surface area contributed by atoms with E-state index >= 15 is 0 Å². The standard InChI is InChI=1S/C24H34N8O4/c1-24(2,3)36-23(33)28-16-8-7-15(19-20(16)35-14-34-19)18-17-21(25)26-13-27-22(17)32(29-18)12-11-31(6)10-9-30(4)5/h7-8,13H,9-12,14H2,1-6H3,(H,28,33)(H2,25,26,27). The third-order valence-corrected chi connectivity index (χ3v) is 5.59. The highest BCUT2D eigenvalue weighted by Gasteiger charge is 2.28. The Balaban J connectivity index is 1.67. The van der Waals surface area contributed by atoms with Crippen LogP contribution in [0.5, 0.6) is 11.5 Å². The molecule has 0 spiro atoms. The molecule has 0 saturated heterocycles. The summed E-state index contributed by atoms with van der Waals surface area (Å²) in [5.74, 6) is 1.19. The number of aromatic nitrogens is 4. The molecule has 194 valence electrons. The number of hydrogen-bond acceptors (Lipinski definition) is 10. The molecular formula is C24H34N8O4. The summed E-state index contributed by atoms with van der Waals surface area (Å²) in [6.45, 7) is 8.70. The van der Waals surface area contributed by atoms with E-state index in [-0.39, 0.29) is 6.79 Å². The average molecular weight is 499 g/mol. The summed E-state index contributed by atoms with van der Waals surface area (Å²) < 4.78 is 18.7. The number of nitrogens with two attached hydrogens (primary N) is 1. The van der Waals surface area contributed by atoms with Crippen LogP contribution in [0.3, 0.4) is 0 Å². The lowest BCUT2D eigenvalue weighted by Gasteiger charge is -2.20. The zero-order chi connectivity index (χ0) is 26.0. The maximum Gasteiger partial charge on any atom is 0.412 e. The van der Waals surface area contributed by atoms with Crippen LogP contribution < -0.4 is 20.5 Å². The van der Waals surface area contributed by atoms with Crippen molar-refractivity contribution in [2.75, 3.05) is 58.6 Å². The van der Waals surface area contributed by atoms with Gasteiger partial charge >= 0.3 is 6.09 Å². The Hall–Kier alpha value is -3.64. The first-order chi connectivity index (χ1) is 17.0. The zero-order valence-corrected chi connectivity index (χ0v) is 21.7. The van der Waals surface area contributed by atoms with E-state index in [0.717, 1.165) is 19.6 Å². The number of hydrogen-bond donors (Lipinski definition) is 2. The summed E-state index contributed by atoms with van der Waals surface area (Å²) in [5.41, 5.74) is 7.99. The molecule has 0 radical (unpaired) electrons. The highest BCUT2D eigenvalue weighted by Crippen LogP contribution is 2.47. The van der Waals surface area contributed by atoms with Crippen LogP contribution in [0.25, 0.3) is 22.3 Å². The van der Waals surface area contributed by atoms with Gasteiger partial charge in [0.05, 0.1) is 17.6 Å². The van der Waals surface area contributed by atoms with E-state index in [9.17, 15) is 4.79 Å². The Bertz CT molecular complexity index is 1250. The number of nitrogens with one attached hydrogen (secondary N) is 1. The molecule has 0 fully saturated rings. The van der Waals surface area contributed by atoms with E-state index in [1.54, 1.807) is 26.8 Å². The minimum absolute atomic E-state index is 0.0106. The predicted octanol–water partition coefficient (Wildman–Crippen LogP) is 2.64. The monoisotopic (exact) mass is 498 g/mol. The Morgan fingerprint density at radius 3 is 2.61 bits per heavy atom. The van der Waals surface area contributed by atoms with Crippen LogP contribution in [-0.4, -0.2) is 88.8 Å². The van der Waals surface area contributed by atoms with Gasteiger partial charge in [-0.2, -0.15) is 5.10 Å². The number of fused-ring (bicyclic) bond motifs is 2. The predicted molar refractivity (Wildman–Crippen MR) is 137 cm³/mol. The van der Waals surface area contributed by atoms with Crippen LogP contribution in [0.1, 0.15) is 20.8 Å². The quantitative estimate of drug-likeness (QED) is 0.477. The number of carbonyl (C=O) groups excluding carboxylic acids is 1. The molecule has 0 bridgehead atoms. The first kappa shape index (κ1) is 25.5. The minimum Gasteiger partial charge on any atom is -0.453 e. The summed E-state index contributed by atoms with van der Waals surface area (Å²) in [4.78, 5) is 25.4. The van der Waals surface area contributed by atoms with Gasteiger partial charge in [-0.3, -0.25) is 5.32 Å². The van der Waals surface area contributed by atoms with Crippen LogP contribution in [-0.2, 0) is 11.3 Å². The molecular weight excluding hydrogens is 464 g/mol. The van der Waals surface area contributed by atoms with Gasteiger partial charge in [0.2, 0.25) is 6.79 Å². The third-order valence-electron chi connectivity index (χ3n) is 5.59. The second-order valence-electron chi connectivity index (χ2n) is 9.99. The normalized spacial score (nSPS) is 13.1. The Kier molecular flexibility index (Phi) is 7.18. The van der Waals surface area contributed by atoms with Crippen molar-refractivity contribution in [3.05, 3.63) is 18.5 Å². The van der Waals surface area contributed by atoms with Gasteiger partial charge in [-0.15, -0.1) is 0 Å². The molecule has 0 saturated carbocycles. The van der Waals surface area contributed by atoms with E-state index in [2.05, 4.69) is 46.2 Å². The number of ether oxygens (including phenoxy) is 3. The number of rotatable bonds is 8. The Labute approximate surface area is 210 Å². The Morgan fingerprint density at radius 2 is 1.89 bits per heavy atom. The molecule has 1 amide bonds. The first-order valence-corrected chi connectivity index (χ1v) is 11.8. The summed E-state index contributed by atoms with van der Waals surface area (Å²) in [7, 11) is 6.19. The van der Waals surface area contributed by atoms with Crippen LogP contribution >= 0.6 is 0 Å². The van der Waals surface area contributed by atoms with Crippen LogP contribution in [0.2, 0.25) is 0 Å². The van der Waals surface area contributed by atoms with Crippen molar-refractivity contribution in [1.82, 2.24) is 29.5 Å². The number of nitrogens with zero attached hydrogens (tertiary/aromatic N) is 6. The van der Waals surface area contributed by atoms with Gasteiger partial charge in [0.15, 0.2) is 17.1 Å². The lowest BCUT2D eigenvalue weighted by molar-refractivity contribution is 0.0635. The van der Waals surface area contributed by atoms with Gasteiger partial charge in [-0.1, -0.05) is 0 Å². The fourth-order valence-corrected chi connectivity index (χ4v) is 3.82. The lowest BCUT2D eigenvalue weighted by Crippen LogP contribution is -2.31. The molecule has 0 atom stereocenters. The summed E-state index contributed by atoms with van der Waals surface area (Å²) in [5, 5.41) is 8.23. The Morgan fingerprint density at radius 1 is 1.14 bits per heavy atom. The highest BCUT2D eigenvalue weighted by molar-refractivity contribution is 6.01. The molecule has 1 aliphatic rings. The number of nitrogen functional groups attached to an aromatic ring is 1. The lowest BCUT2D eigenvalue weighted by atomic mass is 10.1. The van der Waals surface area contributed by atoms with E-state index < -0.39 is 11.7 Å². The van der Waals surface area contributed by atoms with Crippen LogP contribution in [0, 0.1) is 0 Å². The van der Waals surface area contributed by atoms with E-state index in [1.807, 2.05) is 10.7 Å². The van der Waals surface area contributed by atoms with Crippen molar-refractivity contribution in [2.45, 2.75) is 32.9 Å². The van der Waals surface area contributed by atoms with Gasteiger partial charge in [-0.25, -0.2) is 19.4 Å². The zero-order valence-electron chi connectivity index (χ0n) is 21.7. The number of benzene rings is 1. The molecule has 12 heteroatoms. The van der Waals surface area contributed by atoms with E-state index in [4.69, 9.17) is 25.0 Å². The smallest absolute Gasteiger partial charge is 0.412 e. The number of anilines is 2.